The molecule has 122 valence electrons. The van der Waals surface area contributed by atoms with E-state index in [1.54, 1.807) is 12.4 Å². The fourth-order valence-corrected chi connectivity index (χ4v) is 3.47. The van der Waals surface area contributed by atoms with Crippen molar-refractivity contribution in [3.63, 3.8) is 0 Å². The molecule has 1 aliphatic heterocycles. The minimum absolute atomic E-state index is 0.731. The highest BCUT2D eigenvalue weighted by atomic mass is 15.2. The Morgan fingerprint density at radius 1 is 1.21 bits per heavy atom. The fourth-order valence-electron chi connectivity index (χ4n) is 3.47. The van der Waals surface area contributed by atoms with E-state index in [4.69, 9.17) is 0 Å². The van der Waals surface area contributed by atoms with Crippen molar-refractivity contribution < 1.29 is 0 Å². The second-order valence-electron chi connectivity index (χ2n) is 6.61. The number of hydrogen-bond donors (Lipinski definition) is 0. The minimum Gasteiger partial charge on any atom is -0.300 e. The molecule has 4 nitrogen and oxygen atoms in total. The molecule has 0 saturated carbocycles. The number of benzene rings is 1. The minimum atomic E-state index is 0.731. The topological polar surface area (TPSA) is 41.9 Å². The smallest absolute Gasteiger partial charge is 0.161 e. The third-order valence-corrected chi connectivity index (χ3v) is 4.94. The number of rotatable bonds is 4. The molecule has 1 aliphatic rings. The lowest BCUT2D eigenvalue weighted by molar-refractivity contribution is 0.272. The van der Waals surface area contributed by atoms with Crippen molar-refractivity contribution in [2.75, 3.05) is 13.1 Å². The van der Waals surface area contributed by atoms with Crippen LogP contribution >= 0.6 is 0 Å². The fraction of sp³-hybridized carbons (Fsp3) is 0.350. The molecular weight excluding hydrogens is 296 g/mol. The lowest BCUT2D eigenvalue weighted by Crippen LogP contribution is -2.28. The molecule has 3 aromatic rings. The summed E-state index contributed by atoms with van der Waals surface area (Å²) in [4.78, 5) is 15.9. The maximum absolute atomic E-state index is 4.67. The summed E-state index contributed by atoms with van der Waals surface area (Å²) >= 11 is 0. The first-order chi connectivity index (χ1) is 11.8. The van der Waals surface area contributed by atoms with Crippen LogP contribution in [0.2, 0.25) is 0 Å². The number of nitrogens with zero attached hydrogens (tertiary/aromatic N) is 4. The lowest BCUT2D eigenvalue weighted by atomic mass is 10.1. The molecule has 1 fully saturated rings. The molecule has 2 aromatic heterocycles. The van der Waals surface area contributed by atoms with Crippen LogP contribution in [0.25, 0.3) is 22.3 Å². The van der Waals surface area contributed by atoms with Crippen LogP contribution in [0.3, 0.4) is 0 Å². The summed E-state index contributed by atoms with van der Waals surface area (Å²) in [6, 6.07) is 11.2. The van der Waals surface area contributed by atoms with Gasteiger partial charge >= 0.3 is 0 Å². The second kappa shape index (κ2) is 6.65. The van der Waals surface area contributed by atoms with Gasteiger partial charge in [-0.2, -0.15) is 0 Å². The van der Waals surface area contributed by atoms with E-state index in [1.807, 2.05) is 18.3 Å². The Labute approximate surface area is 142 Å². The van der Waals surface area contributed by atoms with Gasteiger partial charge in [-0.05, 0) is 62.6 Å². The highest BCUT2D eigenvalue weighted by molar-refractivity contribution is 5.80. The van der Waals surface area contributed by atoms with Crippen molar-refractivity contribution in [1.29, 1.82) is 0 Å². The van der Waals surface area contributed by atoms with Gasteiger partial charge < -0.3 is 4.90 Å². The summed E-state index contributed by atoms with van der Waals surface area (Å²) in [6.07, 6.45) is 9.24. The Hall–Kier alpha value is -2.33. The van der Waals surface area contributed by atoms with Gasteiger partial charge in [0.2, 0.25) is 0 Å². The number of pyridine rings is 1. The number of likely N-dealkylation sites (tertiary alicyclic amines) is 1. The van der Waals surface area contributed by atoms with Crippen LogP contribution in [0.4, 0.5) is 0 Å². The third-order valence-electron chi connectivity index (χ3n) is 4.94. The summed E-state index contributed by atoms with van der Waals surface area (Å²) in [5, 5.41) is 1.11. The number of hydrogen-bond acceptors (Lipinski definition) is 4. The first kappa shape index (κ1) is 15.2. The van der Waals surface area contributed by atoms with Gasteiger partial charge in [-0.1, -0.05) is 6.07 Å². The molecule has 4 rings (SSSR count). The molecule has 3 heterocycles. The predicted octanol–water partition coefficient (Wildman–Crippen LogP) is 3.72. The van der Waals surface area contributed by atoms with Gasteiger partial charge in [-0.15, -0.1) is 0 Å². The Bertz CT molecular complexity index is 831. The van der Waals surface area contributed by atoms with E-state index in [2.05, 4.69) is 45.0 Å². The molecule has 0 N–H and O–H groups in total. The largest absolute Gasteiger partial charge is 0.300 e. The monoisotopic (exact) mass is 318 g/mol. The molecule has 24 heavy (non-hydrogen) atoms. The number of aromatic nitrogens is 3. The molecule has 0 unspecified atom stereocenters. The van der Waals surface area contributed by atoms with Gasteiger partial charge in [0.1, 0.15) is 0 Å². The average Bonchev–Trinajstić information content (AvgIpc) is 3.05. The van der Waals surface area contributed by atoms with E-state index >= 15 is 0 Å². The zero-order chi connectivity index (χ0) is 16.4. The van der Waals surface area contributed by atoms with Gasteiger partial charge in [-0.25, -0.2) is 9.97 Å². The maximum Gasteiger partial charge on any atom is 0.161 e. The number of fused-ring (bicyclic) bond motifs is 1. The van der Waals surface area contributed by atoms with Crippen molar-refractivity contribution in [2.24, 2.45) is 0 Å². The summed E-state index contributed by atoms with van der Waals surface area (Å²) in [6.45, 7) is 4.72. The standard InChI is InChI=1S/C20H22N4/c1-15-4-3-10-24(15)11-8-16-6-7-19-18(12-16)14-22-20(23-19)17-5-2-9-21-13-17/h2,5-7,9,12-15H,3-4,8,10-11H2,1H3/t15-/m1/s1. The molecule has 1 atom stereocenters. The first-order valence-corrected chi connectivity index (χ1v) is 8.70. The van der Waals surface area contributed by atoms with Crippen molar-refractivity contribution in [2.45, 2.75) is 32.2 Å². The van der Waals surface area contributed by atoms with E-state index in [-0.39, 0.29) is 0 Å². The van der Waals surface area contributed by atoms with Crippen LogP contribution in [0.5, 0.6) is 0 Å². The van der Waals surface area contributed by atoms with Gasteiger partial charge in [0.25, 0.3) is 0 Å². The SMILES string of the molecule is C[C@@H]1CCCN1CCc1ccc2nc(-c3cccnc3)ncc2c1. The zero-order valence-electron chi connectivity index (χ0n) is 14.0. The van der Waals surface area contributed by atoms with E-state index in [9.17, 15) is 0 Å². The highest BCUT2D eigenvalue weighted by Crippen LogP contribution is 2.20. The molecule has 0 aliphatic carbocycles. The van der Waals surface area contributed by atoms with Crippen molar-refractivity contribution in [3.05, 3.63) is 54.5 Å². The summed E-state index contributed by atoms with van der Waals surface area (Å²) in [7, 11) is 0. The van der Waals surface area contributed by atoms with Crippen LogP contribution in [0.15, 0.2) is 48.9 Å². The predicted molar refractivity (Wildman–Crippen MR) is 96.7 cm³/mol. The van der Waals surface area contributed by atoms with Crippen molar-refractivity contribution >= 4 is 10.9 Å². The summed E-state index contributed by atoms with van der Waals surface area (Å²) < 4.78 is 0. The van der Waals surface area contributed by atoms with Gasteiger partial charge in [-0.3, -0.25) is 4.98 Å². The Morgan fingerprint density at radius 2 is 2.17 bits per heavy atom. The van der Waals surface area contributed by atoms with Gasteiger partial charge in [0, 0.05) is 42.1 Å². The normalized spacial score (nSPS) is 18.3. The molecule has 0 bridgehead atoms. The van der Waals surface area contributed by atoms with Gasteiger partial charge in [0.05, 0.1) is 5.52 Å². The quantitative estimate of drug-likeness (QED) is 0.735. The molecule has 1 aromatic carbocycles. The maximum atomic E-state index is 4.67. The van der Waals surface area contributed by atoms with E-state index in [0.29, 0.717) is 0 Å². The second-order valence-corrected chi connectivity index (χ2v) is 6.61. The Morgan fingerprint density at radius 3 is 2.96 bits per heavy atom. The van der Waals surface area contributed by atoms with Gasteiger partial charge in [0.15, 0.2) is 5.82 Å². The van der Waals surface area contributed by atoms with Crippen molar-refractivity contribution in [1.82, 2.24) is 19.9 Å². The van der Waals surface area contributed by atoms with Crippen molar-refractivity contribution in [3.8, 4) is 11.4 Å². The molecular formula is C20H22N4. The summed E-state index contributed by atoms with van der Waals surface area (Å²) in [5.74, 6) is 0.731. The summed E-state index contributed by atoms with van der Waals surface area (Å²) in [5.41, 5.74) is 3.30. The van der Waals surface area contributed by atoms with E-state index in [0.717, 1.165) is 41.3 Å². The van der Waals surface area contributed by atoms with Crippen LogP contribution in [-0.2, 0) is 6.42 Å². The van der Waals surface area contributed by atoms with Crippen LogP contribution in [-0.4, -0.2) is 39.0 Å². The molecule has 0 spiro atoms. The van der Waals surface area contributed by atoms with E-state index < -0.39 is 0 Å². The van der Waals surface area contributed by atoms with E-state index in [1.165, 1.54) is 24.9 Å². The van der Waals surface area contributed by atoms with Crippen LogP contribution < -0.4 is 0 Å². The van der Waals surface area contributed by atoms with Crippen LogP contribution in [0, 0.1) is 0 Å². The molecule has 1 saturated heterocycles. The first-order valence-electron chi connectivity index (χ1n) is 8.70. The Balaban J connectivity index is 1.53. The Kier molecular flexibility index (Phi) is 4.22. The zero-order valence-corrected chi connectivity index (χ0v) is 14.0. The molecule has 4 heteroatoms. The third kappa shape index (κ3) is 3.15. The highest BCUT2D eigenvalue weighted by Gasteiger charge is 2.19. The molecule has 0 radical (unpaired) electrons. The van der Waals surface area contributed by atoms with Crippen LogP contribution in [0.1, 0.15) is 25.3 Å². The molecule has 0 amide bonds. The average molecular weight is 318 g/mol. The lowest BCUT2D eigenvalue weighted by Gasteiger charge is -2.20.